The van der Waals surface area contributed by atoms with Crippen LogP contribution in [0, 0.1) is 18.3 Å². The molecule has 4 nitrogen and oxygen atoms in total. The van der Waals surface area contributed by atoms with E-state index in [1.165, 1.54) is 0 Å². The fraction of sp³-hybridized carbons (Fsp3) is 0.286. The first-order chi connectivity index (χ1) is 8.74. The molecule has 1 aromatic carbocycles. The van der Waals surface area contributed by atoms with Gasteiger partial charge >= 0.3 is 0 Å². The van der Waals surface area contributed by atoms with Gasteiger partial charge in [-0.15, -0.1) is 0 Å². The SMILES string of the molecule is CCNCc1ccc(-n2cc(C)cn2)c(C#N)c1. The van der Waals surface area contributed by atoms with Crippen LogP contribution in [0.3, 0.4) is 0 Å². The van der Waals surface area contributed by atoms with Crippen molar-refractivity contribution in [1.29, 1.82) is 5.26 Å². The van der Waals surface area contributed by atoms with E-state index in [9.17, 15) is 5.26 Å². The lowest BCUT2D eigenvalue weighted by Gasteiger charge is -2.07. The second kappa shape index (κ2) is 5.48. The zero-order valence-corrected chi connectivity index (χ0v) is 10.6. The summed E-state index contributed by atoms with van der Waals surface area (Å²) in [6.07, 6.45) is 3.70. The average molecular weight is 240 g/mol. The lowest BCUT2D eigenvalue weighted by molar-refractivity contribution is 0.726. The van der Waals surface area contributed by atoms with Crippen LogP contribution in [0.15, 0.2) is 30.6 Å². The molecule has 0 spiro atoms. The molecule has 1 N–H and O–H groups in total. The summed E-state index contributed by atoms with van der Waals surface area (Å²) in [6.45, 7) is 5.74. The molecule has 0 radical (unpaired) electrons. The van der Waals surface area contributed by atoms with Crippen LogP contribution in [0.25, 0.3) is 5.69 Å². The summed E-state index contributed by atoms with van der Waals surface area (Å²) in [5.41, 5.74) is 3.66. The summed E-state index contributed by atoms with van der Waals surface area (Å²) < 4.78 is 1.74. The third-order valence-corrected chi connectivity index (χ3v) is 2.72. The van der Waals surface area contributed by atoms with Crippen LogP contribution >= 0.6 is 0 Å². The monoisotopic (exact) mass is 240 g/mol. The topological polar surface area (TPSA) is 53.6 Å². The number of hydrogen-bond acceptors (Lipinski definition) is 3. The molecule has 0 saturated heterocycles. The van der Waals surface area contributed by atoms with E-state index in [4.69, 9.17) is 0 Å². The van der Waals surface area contributed by atoms with Gasteiger partial charge in [-0.2, -0.15) is 10.4 Å². The molecule has 2 aromatic rings. The minimum absolute atomic E-state index is 0.647. The van der Waals surface area contributed by atoms with Gasteiger partial charge in [-0.3, -0.25) is 0 Å². The summed E-state index contributed by atoms with van der Waals surface area (Å²) >= 11 is 0. The van der Waals surface area contributed by atoms with Crippen molar-refractivity contribution in [2.45, 2.75) is 20.4 Å². The number of hydrogen-bond donors (Lipinski definition) is 1. The van der Waals surface area contributed by atoms with Crippen LogP contribution in [0.1, 0.15) is 23.6 Å². The minimum Gasteiger partial charge on any atom is -0.313 e. The summed E-state index contributed by atoms with van der Waals surface area (Å²) in [5, 5.41) is 16.7. The van der Waals surface area contributed by atoms with E-state index in [0.717, 1.165) is 29.9 Å². The van der Waals surface area contributed by atoms with Gasteiger partial charge in [-0.1, -0.05) is 13.0 Å². The molecule has 0 fully saturated rings. The van der Waals surface area contributed by atoms with Crippen molar-refractivity contribution in [3.05, 3.63) is 47.3 Å². The lowest BCUT2D eigenvalue weighted by atomic mass is 10.1. The van der Waals surface area contributed by atoms with Gasteiger partial charge in [0, 0.05) is 12.7 Å². The molecule has 0 aliphatic carbocycles. The highest BCUT2D eigenvalue weighted by atomic mass is 15.3. The van der Waals surface area contributed by atoms with Crippen molar-refractivity contribution in [2.24, 2.45) is 0 Å². The van der Waals surface area contributed by atoms with Crippen LogP contribution in [0.4, 0.5) is 0 Å². The number of benzene rings is 1. The van der Waals surface area contributed by atoms with Gasteiger partial charge in [0.1, 0.15) is 6.07 Å². The average Bonchev–Trinajstić information content (AvgIpc) is 2.82. The molecular weight excluding hydrogens is 224 g/mol. The largest absolute Gasteiger partial charge is 0.313 e. The van der Waals surface area contributed by atoms with Crippen LogP contribution < -0.4 is 5.32 Å². The molecular formula is C14H16N4. The van der Waals surface area contributed by atoms with Crippen LogP contribution in [0.2, 0.25) is 0 Å². The number of rotatable bonds is 4. The standard InChI is InChI=1S/C14H16N4/c1-3-16-9-12-4-5-14(13(6-12)7-15)18-10-11(2)8-17-18/h4-6,8,10,16H,3,9H2,1-2H3. The Labute approximate surface area is 107 Å². The van der Waals surface area contributed by atoms with Crippen molar-refractivity contribution >= 4 is 0 Å². The molecule has 0 saturated carbocycles. The van der Waals surface area contributed by atoms with E-state index in [1.54, 1.807) is 10.9 Å². The molecule has 0 amide bonds. The summed E-state index contributed by atoms with van der Waals surface area (Å²) in [6, 6.07) is 8.11. The first-order valence-electron chi connectivity index (χ1n) is 6.00. The molecule has 4 heteroatoms. The fourth-order valence-corrected chi connectivity index (χ4v) is 1.80. The summed E-state index contributed by atoms with van der Waals surface area (Å²) in [5.74, 6) is 0. The Bertz CT molecular complexity index is 578. The highest BCUT2D eigenvalue weighted by Crippen LogP contribution is 2.16. The first-order valence-corrected chi connectivity index (χ1v) is 6.00. The van der Waals surface area contributed by atoms with Crippen molar-refractivity contribution < 1.29 is 0 Å². The molecule has 2 rings (SSSR count). The van der Waals surface area contributed by atoms with E-state index in [-0.39, 0.29) is 0 Å². The Morgan fingerprint density at radius 1 is 1.44 bits per heavy atom. The quantitative estimate of drug-likeness (QED) is 0.891. The van der Waals surface area contributed by atoms with E-state index >= 15 is 0 Å². The first kappa shape index (κ1) is 12.3. The third kappa shape index (κ3) is 2.58. The smallest absolute Gasteiger partial charge is 0.101 e. The van der Waals surface area contributed by atoms with Gasteiger partial charge in [-0.25, -0.2) is 4.68 Å². The van der Waals surface area contributed by atoms with Gasteiger partial charge in [0.15, 0.2) is 0 Å². The predicted octanol–water partition coefficient (Wildman–Crippen LogP) is 2.16. The van der Waals surface area contributed by atoms with Gasteiger partial charge in [0.05, 0.1) is 17.4 Å². The molecule has 0 unspecified atom stereocenters. The van der Waals surface area contributed by atoms with E-state index in [2.05, 4.69) is 23.4 Å². The van der Waals surface area contributed by atoms with E-state index in [0.29, 0.717) is 5.56 Å². The maximum absolute atomic E-state index is 9.22. The maximum atomic E-state index is 9.22. The van der Waals surface area contributed by atoms with Gasteiger partial charge < -0.3 is 5.32 Å². The number of nitriles is 1. The zero-order chi connectivity index (χ0) is 13.0. The number of nitrogens with one attached hydrogen (secondary N) is 1. The Morgan fingerprint density at radius 3 is 2.89 bits per heavy atom. The number of aromatic nitrogens is 2. The number of nitrogens with zero attached hydrogens (tertiary/aromatic N) is 3. The van der Waals surface area contributed by atoms with Crippen LogP contribution in [-0.4, -0.2) is 16.3 Å². The fourth-order valence-electron chi connectivity index (χ4n) is 1.80. The van der Waals surface area contributed by atoms with Crippen molar-refractivity contribution in [3.63, 3.8) is 0 Å². The second-order valence-corrected chi connectivity index (χ2v) is 4.21. The highest BCUT2D eigenvalue weighted by Gasteiger charge is 2.06. The molecule has 92 valence electrons. The van der Waals surface area contributed by atoms with Crippen molar-refractivity contribution in [2.75, 3.05) is 6.54 Å². The van der Waals surface area contributed by atoms with Crippen molar-refractivity contribution in [3.8, 4) is 11.8 Å². The summed E-state index contributed by atoms with van der Waals surface area (Å²) in [4.78, 5) is 0. The van der Waals surface area contributed by atoms with Gasteiger partial charge in [0.2, 0.25) is 0 Å². The Kier molecular flexibility index (Phi) is 3.75. The molecule has 0 aliphatic rings. The Morgan fingerprint density at radius 2 is 2.28 bits per heavy atom. The lowest BCUT2D eigenvalue weighted by Crippen LogP contribution is -2.12. The van der Waals surface area contributed by atoms with Crippen LogP contribution in [-0.2, 0) is 6.54 Å². The Balaban J connectivity index is 2.35. The summed E-state index contributed by atoms with van der Waals surface area (Å²) in [7, 11) is 0. The molecule has 1 heterocycles. The molecule has 0 atom stereocenters. The Hall–Kier alpha value is -2.12. The maximum Gasteiger partial charge on any atom is 0.101 e. The molecule has 0 bridgehead atoms. The van der Waals surface area contributed by atoms with Gasteiger partial charge in [-0.05, 0) is 36.7 Å². The number of aryl methyl sites for hydroxylation is 1. The molecule has 1 aromatic heterocycles. The third-order valence-electron chi connectivity index (χ3n) is 2.72. The second-order valence-electron chi connectivity index (χ2n) is 4.21. The molecule has 18 heavy (non-hydrogen) atoms. The predicted molar refractivity (Wildman–Crippen MR) is 70.4 cm³/mol. The van der Waals surface area contributed by atoms with E-state index in [1.807, 2.05) is 31.3 Å². The zero-order valence-electron chi connectivity index (χ0n) is 10.6. The van der Waals surface area contributed by atoms with Crippen LogP contribution in [0.5, 0.6) is 0 Å². The normalized spacial score (nSPS) is 10.3. The minimum atomic E-state index is 0.647. The molecule has 0 aliphatic heterocycles. The van der Waals surface area contributed by atoms with Crippen molar-refractivity contribution in [1.82, 2.24) is 15.1 Å². The van der Waals surface area contributed by atoms with Gasteiger partial charge in [0.25, 0.3) is 0 Å². The highest BCUT2D eigenvalue weighted by molar-refractivity contribution is 5.50. The van der Waals surface area contributed by atoms with E-state index < -0.39 is 0 Å².